The van der Waals surface area contributed by atoms with E-state index in [0.29, 0.717) is 18.1 Å². The molecule has 0 aromatic heterocycles. The molecular formula is C24H25ClNO5PS-2. The third-order valence-corrected chi connectivity index (χ3v) is 7.38. The van der Waals surface area contributed by atoms with Gasteiger partial charge in [0.2, 0.25) is 0 Å². The van der Waals surface area contributed by atoms with Gasteiger partial charge in [-0.1, -0.05) is 73.4 Å². The summed E-state index contributed by atoms with van der Waals surface area (Å²) in [6.45, 7) is -0.115. The highest BCUT2D eigenvalue weighted by Crippen LogP contribution is 2.34. The molecule has 0 aliphatic rings. The van der Waals surface area contributed by atoms with Crippen LogP contribution in [-0.4, -0.2) is 23.4 Å². The summed E-state index contributed by atoms with van der Waals surface area (Å²) in [7, 11) is -4.84. The second-order valence-corrected chi connectivity index (χ2v) is 11.0. The van der Waals surface area contributed by atoms with Gasteiger partial charge < -0.3 is 29.9 Å². The molecule has 0 aliphatic heterocycles. The second kappa shape index (κ2) is 11.5. The van der Waals surface area contributed by atoms with E-state index in [1.807, 2.05) is 72.8 Å². The Labute approximate surface area is 202 Å². The number of ether oxygens (including phenoxy) is 1. The zero-order valence-corrected chi connectivity index (χ0v) is 20.3. The zero-order chi connectivity index (χ0) is 23.9. The van der Waals surface area contributed by atoms with Gasteiger partial charge in [0.15, 0.2) is 0 Å². The maximum atomic E-state index is 11.1. The molecule has 0 saturated carbocycles. The Morgan fingerprint density at radius 2 is 1.76 bits per heavy atom. The number of halogens is 1. The Hall–Kier alpha value is -1.83. The number of aryl methyl sites for hydroxylation is 1. The molecule has 0 amide bonds. The molecule has 0 radical (unpaired) electrons. The number of hydrogen-bond donors (Lipinski definition) is 2. The minimum atomic E-state index is -4.84. The van der Waals surface area contributed by atoms with Gasteiger partial charge in [0.05, 0.1) is 6.61 Å². The van der Waals surface area contributed by atoms with Crippen molar-refractivity contribution in [2.24, 2.45) is 5.73 Å². The van der Waals surface area contributed by atoms with Gasteiger partial charge >= 0.3 is 0 Å². The van der Waals surface area contributed by atoms with E-state index >= 15 is 0 Å². The Bertz CT molecular complexity index is 1110. The summed E-state index contributed by atoms with van der Waals surface area (Å²) in [6, 6.07) is 23.3. The molecule has 176 valence electrons. The molecule has 6 nitrogen and oxygen atoms in total. The van der Waals surface area contributed by atoms with Crippen molar-refractivity contribution >= 4 is 31.0 Å². The molecule has 0 saturated heterocycles. The van der Waals surface area contributed by atoms with Crippen molar-refractivity contribution in [3.05, 3.63) is 88.9 Å². The van der Waals surface area contributed by atoms with Gasteiger partial charge in [0, 0.05) is 20.4 Å². The van der Waals surface area contributed by atoms with Gasteiger partial charge in [-0.3, -0.25) is 0 Å². The van der Waals surface area contributed by atoms with Crippen LogP contribution in [-0.2, 0) is 17.6 Å². The van der Waals surface area contributed by atoms with Crippen molar-refractivity contribution < 1.29 is 24.2 Å². The smallest absolute Gasteiger partial charge is 0.120 e. The van der Waals surface area contributed by atoms with Crippen LogP contribution < -0.4 is 20.3 Å². The molecule has 33 heavy (non-hydrogen) atoms. The first-order valence-electron chi connectivity index (χ1n) is 10.3. The first-order chi connectivity index (χ1) is 15.7. The minimum absolute atomic E-state index is 0.116. The number of rotatable bonds is 11. The van der Waals surface area contributed by atoms with Crippen LogP contribution in [0.15, 0.2) is 82.6 Å². The number of aliphatic hydroxyl groups is 1. The summed E-state index contributed by atoms with van der Waals surface area (Å²) < 4.78 is 17.0. The molecule has 0 bridgehead atoms. The summed E-state index contributed by atoms with van der Waals surface area (Å²) in [5, 5.41) is 9.96. The maximum Gasteiger partial charge on any atom is 0.120 e. The quantitative estimate of drug-likeness (QED) is 0.382. The molecule has 0 spiro atoms. The van der Waals surface area contributed by atoms with E-state index in [0.717, 1.165) is 26.7 Å². The minimum Gasteiger partial charge on any atom is -0.811 e. The van der Waals surface area contributed by atoms with Crippen LogP contribution in [0.5, 0.6) is 5.75 Å². The molecule has 1 unspecified atom stereocenters. The second-order valence-electron chi connectivity index (χ2n) is 7.89. The van der Waals surface area contributed by atoms with Crippen molar-refractivity contribution in [3.8, 4) is 5.75 Å². The molecule has 3 rings (SSSR count). The standard InChI is InChI=1S/C24H27ClNO5PS/c25-23-14-22(10-9-19(23)11-12-24(26,16-27)17-32(28,29)30)33-21-8-4-7-20(13-21)31-15-18-5-2-1-3-6-18/h1-10,13-14,27H,11-12,15-17,26H2,(H2,28,29,30)/p-2. The van der Waals surface area contributed by atoms with Crippen LogP contribution >= 0.6 is 31.0 Å². The predicted octanol–water partition coefficient (Wildman–Crippen LogP) is 3.61. The van der Waals surface area contributed by atoms with Crippen molar-refractivity contribution in [1.82, 2.24) is 0 Å². The molecule has 1 atom stereocenters. The highest BCUT2D eigenvalue weighted by molar-refractivity contribution is 7.99. The van der Waals surface area contributed by atoms with E-state index in [-0.39, 0.29) is 6.42 Å². The summed E-state index contributed by atoms with van der Waals surface area (Å²) in [5.74, 6) is 0.767. The Morgan fingerprint density at radius 3 is 2.42 bits per heavy atom. The highest BCUT2D eigenvalue weighted by Gasteiger charge is 2.25. The molecule has 3 N–H and O–H groups in total. The molecular weight excluding hydrogens is 481 g/mol. The first-order valence-corrected chi connectivity index (χ1v) is 13.2. The average Bonchev–Trinajstić information content (AvgIpc) is 2.77. The molecule has 3 aromatic carbocycles. The highest BCUT2D eigenvalue weighted by atomic mass is 35.5. The van der Waals surface area contributed by atoms with Crippen molar-refractivity contribution in [3.63, 3.8) is 0 Å². The lowest BCUT2D eigenvalue weighted by atomic mass is 9.95. The van der Waals surface area contributed by atoms with Gasteiger partial charge in [-0.2, -0.15) is 0 Å². The summed E-state index contributed by atoms with van der Waals surface area (Å²) >= 11 is 7.96. The van der Waals surface area contributed by atoms with E-state index in [4.69, 9.17) is 22.1 Å². The van der Waals surface area contributed by atoms with Crippen LogP contribution in [0.3, 0.4) is 0 Å². The zero-order valence-electron chi connectivity index (χ0n) is 17.9. The number of hydrogen-bond acceptors (Lipinski definition) is 7. The maximum absolute atomic E-state index is 11.1. The lowest BCUT2D eigenvalue weighted by molar-refractivity contribution is -0.314. The topological polar surface area (TPSA) is 119 Å². The van der Waals surface area contributed by atoms with E-state index in [9.17, 15) is 19.5 Å². The van der Waals surface area contributed by atoms with Crippen molar-refractivity contribution in [1.29, 1.82) is 0 Å². The number of aliphatic hydroxyl groups excluding tert-OH is 1. The van der Waals surface area contributed by atoms with Gasteiger partial charge in [-0.15, -0.1) is 0 Å². The van der Waals surface area contributed by atoms with E-state index in [1.54, 1.807) is 0 Å². The Morgan fingerprint density at radius 1 is 1.03 bits per heavy atom. The average molecular weight is 506 g/mol. The fourth-order valence-corrected chi connectivity index (χ4v) is 5.55. The fourth-order valence-electron chi connectivity index (χ4n) is 3.28. The van der Waals surface area contributed by atoms with Crippen LogP contribution in [0, 0.1) is 0 Å². The third-order valence-electron chi connectivity index (χ3n) is 5.03. The lowest BCUT2D eigenvalue weighted by Crippen LogP contribution is -2.49. The molecule has 9 heteroatoms. The molecule has 0 heterocycles. The largest absolute Gasteiger partial charge is 0.811 e. The van der Waals surface area contributed by atoms with E-state index in [1.165, 1.54) is 11.8 Å². The van der Waals surface area contributed by atoms with Crippen molar-refractivity contribution in [2.75, 3.05) is 12.8 Å². The lowest BCUT2D eigenvalue weighted by Gasteiger charge is -2.39. The van der Waals surface area contributed by atoms with Crippen LogP contribution in [0.1, 0.15) is 17.5 Å². The SMILES string of the molecule is NC(CO)(CCc1ccc(Sc2cccc(OCc3ccccc3)c2)cc1Cl)CP(=O)([O-])[O-]. The van der Waals surface area contributed by atoms with Crippen LogP contribution in [0.4, 0.5) is 0 Å². The summed E-state index contributed by atoms with van der Waals surface area (Å²) in [6.07, 6.45) is -0.348. The number of benzene rings is 3. The van der Waals surface area contributed by atoms with Gasteiger partial charge in [0.1, 0.15) is 12.4 Å². The molecule has 0 fully saturated rings. The summed E-state index contributed by atoms with van der Waals surface area (Å²) in [5.41, 5.74) is 6.27. The third kappa shape index (κ3) is 8.47. The predicted molar refractivity (Wildman–Crippen MR) is 128 cm³/mol. The summed E-state index contributed by atoms with van der Waals surface area (Å²) in [4.78, 5) is 24.1. The molecule has 0 aliphatic carbocycles. The fraction of sp³-hybridized carbons (Fsp3) is 0.250. The van der Waals surface area contributed by atoms with Crippen molar-refractivity contribution in [2.45, 2.75) is 34.8 Å². The normalized spacial score (nSPS) is 13.5. The Balaban J connectivity index is 1.61. The van der Waals surface area contributed by atoms with E-state index < -0.39 is 25.9 Å². The molecule has 3 aromatic rings. The van der Waals surface area contributed by atoms with E-state index in [2.05, 4.69) is 0 Å². The van der Waals surface area contributed by atoms with Crippen LogP contribution in [0.2, 0.25) is 5.02 Å². The van der Waals surface area contributed by atoms with Gasteiger partial charge in [0.25, 0.3) is 0 Å². The van der Waals surface area contributed by atoms with Gasteiger partial charge in [-0.25, -0.2) is 0 Å². The Kier molecular flexibility index (Phi) is 9.02. The monoisotopic (exact) mass is 505 g/mol. The van der Waals surface area contributed by atoms with Crippen LogP contribution in [0.25, 0.3) is 0 Å². The van der Waals surface area contributed by atoms with Gasteiger partial charge in [-0.05, 0) is 60.5 Å². The number of nitrogens with two attached hydrogens (primary N) is 1. The first kappa shape index (κ1) is 25.8.